The molecule has 0 aliphatic carbocycles. The molecule has 1 amide bonds. The summed E-state index contributed by atoms with van der Waals surface area (Å²) in [4.78, 5) is 10.6. The highest BCUT2D eigenvalue weighted by Gasteiger charge is 2.17. The molecule has 1 rings (SSSR count). The van der Waals surface area contributed by atoms with Crippen molar-refractivity contribution >= 4 is 5.91 Å². The van der Waals surface area contributed by atoms with Gasteiger partial charge in [-0.25, -0.2) is 0 Å². The van der Waals surface area contributed by atoms with Crippen LogP contribution in [0.1, 0.15) is 26.5 Å². The largest absolute Gasteiger partial charge is 0.354 e. The summed E-state index contributed by atoms with van der Waals surface area (Å²) in [5.74, 6) is -0.0468. The van der Waals surface area contributed by atoms with Gasteiger partial charge in [0.2, 0.25) is 5.91 Å². The highest BCUT2D eigenvalue weighted by atomic mass is 16.1. The van der Waals surface area contributed by atoms with E-state index in [1.165, 1.54) is 6.92 Å². The lowest BCUT2D eigenvalue weighted by Crippen LogP contribution is -2.29. The summed E-state index contributed by atoms with van der Waals surface area (Å²) in [6, 6.07) is 0. The van der Waals surface area contributed by atoms with E-state index in [2.05, 4.69) is 15.6 Å². The Bertz CT molecular complexity index is 339. The van der Waals surface area contributed by atoms with Gasteiger partial charge in [0.25, 0.3) is 0 Å². The van der Waals surface area contributed by atoms with E-state index in [-0.39, 0.29) is 5.91 Å². The molecule has 0 spiro atoms. The lowest BCUT2D eigenvalue weighted by Gasteiger charge is -2.13. The van der Waals surface area contributed by atoms with Crippen LogP contribution in [-0.4, -0.2) is 27.4 Å². The highest BCUT2D eigenvalue weighted by Crippen LogP contribution is 2.11. The quantitative estimate of drug-likeness (QED) is 0.710. The van der Waals surface area contributed by atoms with Crippen LogP contribution in [0.25, 0.3) is 0 Å². The SMILES string of the molecule is CC(=O)NCCn1cc(C(C)(C)N)nn1. The van der Waals surface area contributed by atoms with Crippen molar-refractivity contribution in [1.82, 2.24) is 20.3 Å². The third-order valence-corrected chi connectivity index (χ3v) is 1.91. The zero-order valence-corrected chi connectivity index (χ0v) is 9.32. The number of aromatic nitrogens is 3. The fourth-order valence-corrected chi connectivity index (χ4v) is 1.05. The molecule has 0 unspecified atom stereocenters. The van der Waals surface area contributed by atoms with Gasteiger partial charge in [-0.05, 0) is 13.8 Å². The fourth-order valence-electron chi connectivity index (χ4n) is 1.05. The minimum atomic E-state index is -0.480. The van der Waals surface area contributed by atoms with Crippen molar-refractivity contribution in [2.75, 3.05) is 6.54 Å². The van der Waals surface area contributed by atoms with Gasteiger partial charge in [-0.1, -0.05) is 5.21 Å². The lowest BCUT2D eigenvalue weighted by molar-refractivity contribution is -0.118. The molecule has 0 aliphatic rings. The Morgan fingerprint density at radius 1 is 1.67 bits per heavy atom. The zero-order valence-electron chi connectivity index (χ0n) is 9.32. The molecular formula is C9H17N5O. The summed E-state index contributed by atoms with van der Waals surface area (Å²) in [7, 11) is 0. The summed E-state index contributed by atoms with van der Waals surface area (Å²) in [5, 5.41) is 10.6. The van der Waals surface area contributed by atoms with Crippen LogP contribution in [-0.2, 0) is 16.9 Å². The molecule has 0 aliphatic heterocycles. The Hall–Kier alpha value is -1.43. The molecule has 0 bridgehead atoms. The van der Waals surface area contributed by atoms with E-state index < -0.39 is 5.54 Å². The predicted octanol–water partition coefficient (Wildman–Crippen LogP) is -0.392. The van der Waals surface area contributed by atoms with Gasteiger partial charge in [-0.15, -0.1) is 5.10 Å². The van der Waals surface area contributed by atoms with Gasteiger partial charge in [-0.2, -0.15) is 0 Å². The molecule has 15 heavy (non-hydrogen) atoms. The Balaban J connectivity index is 2.50. The van der Waals surface area contributed by atoms with Crippen LogP contribution in [0.2, 0.25) is 0 Å². The van der Waals surface area contributed by atoms with Gasteiger partial charge >= 0.3 is 0 Å². The first-order chi connectivity index (χ1) is 6.89. The first-order valence-electron chi connectivity index (χ1n) is 4.83. The van der Waals surface area contributed by atoms with E-state index in [4.69, 9.17) is 5.73 Å². The number of carbonyl (C=O) groups excluding carboxylic acids is 1. The zero-order chi connectivity index (χ0) is 11.5. The van der Waals surface area contributed by atoms with E-state index in [0.29, 0.717) is 13.1 Å². The standard InChI is InChI=1S/C9H17N5O/c1-7(15)11-4-5-14-6-8(12-13-14)9(2,3)10/h6H,4-5,10H2,1-3H3,(H,11,15). The van der Waals surface area contributed by atoms with Crippen LogP contribution in [0.4, 0.5) is 0 Å². The summed E-state index contributed by atoms with van der Waals surface area (Å²) in [5.41, 5.74) is 6.12. The topological polar surface area (TPSA) is 85.8 Å². The number of hydrogen-bond acceptors (Lipinski definition) is 4. The van der Waals surface area contributed by atoms with Crippen LogP contribution in [0.15, 0.2) is 6.20 Å². The van der Waals surface area contributed by atoms with Crippen molar-refractivity contribution in [3.8, 4) is 0 Å². The monoisotopic (exact) mass is 211 g/mol. The van der Waals surface area contributed by atoms with Crippen LogP contribution >= 0.6 is 0 Å². The van der Waals surface area contributed by atoms with Crippen molar-refractivity contribution < 1.29 is 4.79 Å². The summed E-state index contributed by atoms with van der Waals surface area (Å²) in [6.07, 6.45) is 1.79. The van der Waals surface area contributed by atoms with Crippen LogP contribution in [0.5, 0.6) is 0 Å². The Morgan fingerprint density at radius 3 is 2.80 bits per heavy atom. The van der Waals surface area contributed by atoms with Crippen molar-refractivity contribution in [3.63, 3.8) is 0 Å². The molecule has 6 nitrogen and oxygen atoms in total. The Kier molecular flexibility index (Phi) is 3.41. The molecule has 6 heteroatoms. The first kappa shape index (κ1) is 11.6. The number of hydrogen-bond donors (Lipinski definition) is 2. The number of rotatable bonds is 4. The van der Waals surface area contributed by atoms with Gasteiger partial charge < -0.3 is 11.1 Å². The maximum atomic E-state index is 10.6. The van der Waals surface area contributed by atoms with Crippen molar-refractivity contribution in [2.45, 2.75) is 32.9 Å². The van der Waals surface area contributed by atoms with Gasteiger partial charge in [0, 0.05) is 13.5 Å². The van der Waals surface area contributed by atoms with Gasteiger partial charge in [0.15, 0.2) is 0 Å². The predicted molar refractivity (Wildman–Crippen MR) is 55.9 cm³/mol. The highest BCUT2D eigenvalue weighted by molar-refractivity contribution is 5.72. The van der Waals surface area contributed by atoms with E-state index in [0.717, 1.165) is 5.69 Å². The van der Waals surface area contributed by atoms with Crippen LogP contribution in [0, 0.1) is 0 Å². The van der Waals surface area contributed by atoms with Crippen molar-refractivity contribution in [2.24, 2.45) is 5.73 Å². The van der Waals surface area contributed by atoms with E-state index in [1.807, 2.05) is 13.8 Å². The molecule has 0 atom stereocenters. The van der Waals surface area contributed by atoms with Crippen molar-refractivity contribution in [1.29, 1.82) is 0 Å². The molecule has 1 aromatic heterocycles. The smallest absolute Gasteiger partial charge is 0.216 e. The van der Waals surface area contributed by atoms with Crippen LogP contribution in [0.3, 0.4) is 0 Å². The molecule has 3 N–H and O–H groups in total. The van der Waals surface area contributed by atoms with E-state index >= 15 is 0 Å². The molecule has 1 aromatic rings. The molecule has 1 heterocycles. The fraction of sp³-hybridized carbons (Fsp3) is 0.667. The average molecular weight is 211 g/mol. The molecule has 0 saturated carbocycles. The molecule has 0 radical (unpaired) electrons. The molecule has 84 valence electrons. The minimum absolute atomic E-state index is 0.0468. The summed E-state index contributed by atoms with van der Waals surface area (Å²) < 4.78 is 1.67. The maximum Gasteiger partial charge on any atom is 0.216 e. The molecular weight excluding hydrogens is 194 g/mol. The average Bonchev–Trinajstić information content (AvgIpc) is 2.51. The molecule has 0 saturated heterocycles. The maximum absolute atomic E-state index is 10.6. The summed E-state index contributed by atoms with van der Waals surface area (Å²) in [6.45, 7) is 6.37. The van der Waals surface area contributed by atoms with Crippen LogP contribution < -0.4 is 11.1 Å². The Morgan fingerprint density at radius 2 is 2.33 bits per heavy atom. The van der Waals surface area contributed by atoms with Gasteiger partial charge in [0.05, 0.1) is 18.3 Å². The number of nitrogens with zero attached hydrogens (tertiary/aromatic N) is 3. The second kappa shape index (κ2) is 4.39. The molecule has 0 aromatic carbocycles. The second-order valence-corrected chi connectivity index (χ2v) is 4.07. The minimum Gasteiger partial charge on any atom is -0.354 e. The number of carbonyl (C=O) groups is 1. The van der Waals surface area contributed by atoms with E-state index in [9.17, 15) is 4.79 Å². The normalized spacial score (nSPS) is 11.5. The second-order valence-electron chi connectivity index (χ2n) is 4.07. The Labute approximate surface area is 88.8 Å². The van der Waals surface area contributed by atoms with E-state index in [1.54, 1.807) is 10.9 Å². The number of amides is 1. The van der Waals surface area contributed by atoms with Crippen molar-refractivity contribution in [3.05, 3.63) is 11.9 Å². The third kappa shape index (κ3) is 3.67. The molecule has 0 fully saturated rings. The van der Waals surface area contributed by atoms with Gasteiger partial charge in [0.1, 0.15) is 5.69 Å². The number of nitrogens with two attached hydrogens (primary N) is 1. The first-order valence-corrected chi connectivity index (χ1v) is 4.83. The number of nitrogens with one attached hydrogen (secondary N) is 1. The third-order valence-electron chi connectivity index (χ3n) is 1.91. The lowest BCUT2D eigenvalue weighted by atomic mass is 10.0. The summed E-state index contributed by atoms with van der Waals surface area (Å²) >= 11 is 0. The van der Waals surface area contributed by atoms with Gasteiger partial charge in [-0.3, -0.25) is 9.48 Å².